The van der Waals surface area contributed by atoms with Crippen molar-refractivity contribution in [1.29, 1.82) is 0 Å². The second-order valence-electron chi connectivity index (χ2n) is 8.80. The van der Waals surface area contributed by atoms with E-state index in [0.717, 1.165) is 55.9 Å². The van der Waals surface area contributed by atoms with E-state index in [-0.39, 0.29) is 12.1 Å². The third-order valence-electron chi connectivity index (χ3n) is 6.18. The molecule has 0 aliphatic heterocycles. The van der Waals surface area contributed by atoms with E-state index in [4.69, 9.17) is 14.7 Å². The molecular formula is C24H33N5O2. The summed E-state index contributed by atoms with van der Waals surface area (Å²) < 4.78 is 5.35. The third-order valence-corrected chi connectivity index (χ3v) is 6.18. The summed E-state index contributed by atoms with van der Waals surface area (Å²) in [6.07, 6.45) is 7.97. The molecule has 4 rings (SSSR count). The number of aryl methyl sites for hydroxylation is 1. The van der Waals surface area contributed by atoms with Crippen LogP contribution in [0, 0.1) is 0 Å². The van der Waals surface area contributed by atoms with E-state index in [1.54, 1.807) is 0 Å². The standard InChI is InChI=1S/C24H33N5O2/c1-29(2)22-20-10-6-7-11-21(20)27-23(28-22)25-18-12-14-19(15-13-18)26-24(30)31-16-17-8-4-3-5-9-17/h3-5,8-9,18-19H,6-7,10-16H2,1-2H3,(H,26,30)(H,25,27,28). The Hall–Kier alpha value is -2.83. The smallest absolute Gasteiger partial charge is 0.407 e. The quantitative estimate of drug-likeness (QED) is 0.729. The minimum atomic E-state index is -0.339. The number of nitrogens with one attached hydrogen (secondary N) is 2. The lowest BCUT2D eigenvalue weighted by molar-refractivity contribution is 0.132. The molecule has 2 aliphatic carbocycles. The molecule has 1 aromatic carbocycles. The molecule has 1 amide bonds. The number of anilines is 2. The van der Waals surface area contributed by atoms with Crippen molar-refractivity contribution >= 4 is 17.9 Å². The zero-order chi connectivity index (χ0) is 21.6. The van der Waals surface area contributed by atoms with Crippen molar-refractivity contribution in [2.45, 2.75) is 70.1 Å². The van der Waals surface area contributed by atoms with Gasteiger partial charge in [-0.3, -0.25) is 0 Å². The van der Waals surface area contributed by atoms with Crippen LogP contribution in [0.2, 0.25) is 0 Å². The van der Waals surface area contributed by atoms with Crippen molar-refractivity contribution in [1.82, 2.24) is 15.3 Å². The van der Waals surface area contributed by atoms with E-state index in [0.29, 0.717) is 12.6 Å². The van der Waals surface area contributed by atoms with Gasteiger partial charge in [0, 0.05) is 31.7 Å². The summed E-state index contributed by atoms with van der Waals surface area (Å²) in [7, 11) is 4.10. The minimum absolute atomic E-state index is 0.156. The highest BCUT2D eigenvalue weighted by molar-refractivity contribution is 5.67. The van der Waals surface area contributed by atoms with Crippen molar-refractivity contribution in [3.05, 3.63) is 47.2 Å². The highest BCUT2D eigenvalue weighted by Crippen LogP contribution is 2.29. The van der Waals surface area contributed by atoms with Gasteiger partial charge in [-0.25, -0.2) is 9.78 Å². The first-order chi connectivity index (χ1) is 15.1. The number of alkyl carbamates (subject to hydrolysis) is 1. The number of hydrogen-bond donors (Lipinski definition) is 2. The van der Waals surface area contributed by atoms with Crippen LogP contribution in [0.25, 0.3) is 0 Å². The Morgan fingerprint density at radius 2 is 1.74 bits per heavy atom. The van der Waals surface area contributed by atoms with Crippen molar-refractivity contribution in [2.24, 2.45) is 0 Å². The maximum absolute atomic E-state index is 12.1. The SMILES string of the molecule is CN(C)c1nc(NC2CCC(NC(=O)OCc3ccccc3)CC2)nc2c1CCCC2. The fourth-order valence-corrected chi connectivity index (χ4v) is 4.50. The summed E-state index contributed by atoms with van der Waals surface area (Å²) in [5.41, 5.74) is 3.50. The second-order valence-corrected chi connectivity index (χ2v) is 8.80. The predicted molar refractivity (Wildman–Crippen MR) is 122 cm³/mol. The maximum Gasteiger partial charge on any atom is 0.407 e. The zero-order valence-corrected chi connectivity index (χ0v) is 18.6. The number of amides is 1. The van der Waals surface area contributed by atoms with E-state index in [1.807, 2.05) is 30.3 Å². The first-order valence-electron chi connectivity index (χ1n) is 11.4. The number of aromatic nitrogens is 2. The number of fused-ring (bicyclic) bond motifs is 1. The molecule has 1 heterocycles. The van der Waals surface area contributed by atoms with Crippen LogP contribution in [0.4, 0.5) is 16.6 Å². The molecule has 2 aromatic rings. The molecule has 2 N–H and O–H groups in total. The van der Waals surface area contributed by atoms with Crippen LogP contribution in [0.15, 0.2) is 30.3 Å². The maximum atomic E-state index is 12.1. The Bertz CT molecular complexity index is 879. The molecule has 0 saturated heterocycles. The molecule has 0 radical (unpaired) electrons. The molecule has 166 valence electrons. The second kappa shape index (κ2) is 9.98. The van der Waals surface area contributed by atoms with Crippen molar-refractivity contribution in [3.8, 4) is 0 Å². The molecule has 31 heavy (non-hydrogen) atoms. The summed E-state index contributed by atoms with van der Waals surface area (Å²) in [4.78, 5) is 23.9. The number of hydrogen-bond acceptors (Lipinski definition) is 6. The molecule has 7 nitrogen and oxygen atoms in total. The van der Waals surface area contributed by atoms with Crippen LogP contribution in [-0.2, 0) is 24.2 Å². The normalized spacial score (nSPS) is 20.5. The highest BCUT2D eigenvalue weighted by Gasteiger charge is 2.25. The van der Waals surface area contributed by atoms with E-state index < -0.39 is 0 Å². The molecule has 0 spiro atoms. The Labute approximate surface area is 184 Å². The van der Waals surface area contributed by atoms with Crippen LogP contribution in [-0.4, -0.2) is 42.2 Å². The Balaban J connectivity index is 1.26. The summed E-state index contributed by atoms with van der Waals surface area (Å²) in [6, 6.07) is 10.2. The molecule has 0 unspecified atom stereocenters. The largest absolute Gasteiger partial charge is 0.445 e. The zero-order valence-electron chi connectivity index (χ0n) is 18.6. The van der Waals surface area contributed by atoms with Crippen molar-refractivity contribution in [2.75, 3.05) is 24.3 Å². The topological polar surface area (TPSA) is 79.4 Å². The van der Waals surface area contributed by atoms with Crippen LogP contribution in [0.1, 0.15) is 55.3 Å². The first kappa shape index (κ1) is 21.4. The monoisotopic (exact) mass is 423 g/mol. The number of ether oxygens (including phenoxy) is 1. The lowest BCUT2D eigenvalue weighted by atomic mass is 9.91. The number of benzene rings is 1. The summed E-state index contributed by atoms with van der Waals surface area (Å²) in [5.74, 6) is 1.78. The number of carbonyl (C=O) groups is 1. The van der Waals surface area contributed by atoms with E-state index in [2.05, 4.69) is 29.6 Å². The first-order valence-corrected chi connectivity index (χ1v) is 11.4. The van der Waals surface area contributed by atoms with Gasteiger partial charge in [0.15, 0.2) is 0 Å². The fourth-order valence-electron chi connectivity index (χ4n) is 4.50. The average molecular weight is 424 g/mol. The minimum Gasteiger partial charge on any atom is -0.445 e. The summed E-state index contributed by atoms with van der Waals surface area (Å²) >= 11 is 0. The molecule has 1 aromatic heterocycles. The summed E-state index contributed by atoms with van der Waals surface area (Å²) in [5, 5.41) is 6.57. The molecule has 1 saturated carbocycles. The molecule has 0 atom stereocenters. The Kier molecular flexibility index (Phi) is 6.89. The number of carbonyl (C=O) groups excluding carboxylic acids is 1. The lowest BCUT2D eigenvalue weighted by Gasteiger charge is -2.30. The van der Waals surface area contributed by atoms with Gasteiger partial charge in [-0.2, -0.15) is 4.98 Å². The predicted octanol–water partition coefficient (Wildman–Crippen LogP) is 4.07. The molecular weight excluding hydrogens is 390 g/mol. The number of nitrogens with zero attached hydrogens (tertiary/aromatic N) is 3. The van der Waals surface area contributed by atoms with Crippen LogP contribution in [0.5, 0.6) is 0 Å². The lowest BCUT2D eigenvalue weighted by Crippen LogP contribution is -2.40. The van der Waals surface area contributed by atoms with Crippen LogP contribution >= 0.6 is 0 Å². The van der Waals surface area contributed by atoms with Gasteiger partial charge < -0.3 is 20.3 Å². The number of rotatable bonds is 6. The fraction of sp³-hybridized carbons (Fsp3) is 0.542. The van der Waals surface area contributed by atoms with Gasteiger partial charge in [-0.05, 0) is 56.9 Å². The molecule has 7 heteroatoms. The Morgan fingerprint density at radius 3 is 2.48 bits per heavy atom. The van der Waals surface area contributed by atoms with Gasteiger partial charge in [0.25, 0.3) is 0 Å². The van der Waals surface area contributed by atoms with Gasteiger partial charge >= 0.3 is 6.09 Å². The van der Waals surface area contributed by atoms with Gasteiger partial charge in [0.05, 0.1) is 5.69 Å². The van der Waals surface area contributed by atoms with Crippen LogP contribution in [0.3, 0.4) is 0 Å². The van der Waals surface area contributed by atoms with Gasteiger partial charge in [-0.1, -0.05) is 30.3 Å². The summed E-state index contributed by atoms with van der Waals surface area (Å²) in [6.45, 7) is 0.299. The van der Waals surface area contributed by atoms with Crippen molar-refractivity contribution in [3.63, 3.8) is 0 Å². The molecule has 1 fully saturated rings. The van der Waals surface area contributed by atoms with E-state index >= 15 is 0 Å². The van der Waals surface area contributed by atoms with Gasteiger partial charge in [0.2, 0.25) is 5.95 Å². The Morgan fingerprint density at radius 1 is 1.03 bits per heavy atom. The molecule has 2 aliphatic rings. The van der Waals surface area contributed by atoms with Gasteiger partial charge in [0.1, 0.15) is 12.4 Å². The van der Waals surface area contributed by atoms with Gasteiger partial charge in [-0.15, -0.1) is 0 Å². The molecule has 0 bridgehead atoms. The van der Waals surface area contributed by atoms with Crippen LogP contribution < -0.4 is 15.5 Å². The van der Waals surface area contributed by atoms with Crippen molar-refractivity contribution < 1.29 is 9.53 Å². The highest BCUT2D eigenvalue weighted by atomic mass is 16.5. The average Bonchev–Trinajstić information content (AvgIpc) is 2.79. The van der Waals surface area contributed by atoms with E-state index in [1.165, 1.54) is 24.1 Å². The third kappa shape index (κ3) is 5.66. The van der Waals surface area contributed by atoms with E-state index in [9.17, 15) is 4.79 Å².